The summed E-state index contributed by atoms with van der Waals surface area (Å²) < 4.78 is 10.6. The highest BCUT2D eigenvalue weighted by Gasteiger charge is 2.16. The number of ether oxygens (including phenoxy) is 2. The van der Waals surface area contributed by atoms with Crippen LogP contribution in [0.15, 0.2) is 54.6 Å². The van der Waals surface area contributed by atoms with Crippen molar-refractivity contribution in [1.29, 1.82) is 0 Å². The Hall–Kier alpha value is -3.02. The highest BCUT2D eigenvalue weighted by Crippen LogP contribution is 2.14. The molecule has 0 heterocycles. The fourth-order valence-electron chi connectivity index (χ4n) is 2.41. The predicted octanol–water partition coefficient (Wildman–Crippen LogP) is 4.16. The molecular formula is C22H28N2O4. The van der Waals surface area contributed by atoms with E-state index in [1.165, 1.54) is 0 Å². The zero-order valence-corrected chi connectivity index (χ0v) is 16.7. The van der Waals surface area contributed by atoms with Gasteiger partial charge in [-0.05, 0) is 63.4 Å². The van der Waals surface area contributed by atoms with Crippen LogP contribution in [0.1, 0.15) is 32.8 Å². The van der Waals surface area contributed by atoms with Crippen molar-refractivity contribution in [3.05, 3.63) is 60.2 Å². The molecule has 2 aromatic rings. The van der Waals surface area contributed by atoms with Gasteiger partial charge in [0.05, 0.1) is 0 Å². The summed E-state index contributed by atoms with van der Waals surface area (Å²) in [7, 11) is 0. The summed E-state index contributed by atoms with van der Waals surface area (Å²) in [6.07, 6.45) is 1.17. The Morgan fingerprint density at radius 3 is 2.29 bits per heavy atom. The largest absolute Gasteiger partial charge is 0.484 e. The highest BCUT2D eigenvalue weighted by molar-refractivity contribution is 5.84. The number of aryl methyl sites for hydroxylation is 1. The molecular weight excluding hydrogens is 356 g/mol. The first-order chi connectivity index (χ1) is 13.3. The van der Waals surface area contributed by atoms with Crippen molar-refractivity contribution in [1.82, 2.24) is 5.32 Å². The number of amides is 2. The van der Waals surface area contributed by atoms with E-state index in [9.17, 15) is 9.59 Å². The Labute approximate surface area is 166 Å². The fourth-order valence-corrected chi connectivity index (χ4v) is 2.41. The number of hydrogen-bond acceptors (Lipinski definition) is 4. The Kier molecular flexibility index (Phi) is 7.87. The van der Waals surface area contributed by atoms with Crippen LogP contribution in [0.5, 0.6) is 5.75 Å². The van der Waals surface area contributed by atoms with E-state index in [0.29, 0.717) is 18.0 Å². The molecule has 6 heteroatoms. The Morgan fingerprint density at radius 1 is 0.964 bits per heavy atom. The first-order valence-corrected chi connectivity index (χ1v) is 9.35. The minimum Gasteiger partial charge on any atom is -0.484 e. The molecule has 0 aliphatic rings. The highest BCUT2D eigenvalue weighted by atomic mass is 16.6. The molecule has 0 aromatic heterocycles. The lowest BCUT2D eigenvalue weighted by Crippen LogP contribution is -2.29. The van der Waals surface area contributed by atoms with Gasteiger partial charge in [-0.25, -0.2) is 4.79 Å². The second kappa shape index (κ2) is 10.3. The number of rotatable bonds is 8. The number of carbonyl (C=O) groups excluding carboxylic acids is 2. The van der Waals surface area contributed by atoms with Crippen LogP contribution in [0.3, 0.4) is 0 Å². The number of nitrogens with one attached hydrogen (secondary N) is 2. The van der Waals surface area contributed by atoms with E-state index < -0.39 is 11.7 Å². The zero-order valence-electron chi connectivity index (χ0n) is 16.7. The molecule has 6 nitrogen and oxygen atoms in total. The van der Waals surface area contributed by atoms with Crippen LogP contribution >= 0.6 is 0 Å². The van der Waals surface area contributed by atoms with Gasteiger partial charge in [-0.3, -0.25) is 10.1 Å². The van der Waals surface area contributed by atoms with Crippen LogP contribution < -0.4 is 15.4 Å². The van der Waals surface area contributed by atoms with E-state index in [0.717, 1.165) is 18.4 Å². The van der Waals surface area contributed by atoms with E-state index in [-0.39, 0.29) is 12.5 Å². The van der Waals surface area contributed by atoms with Crippen molar-refractivity contribution in [2.24, 2.45) is 0 Å². The van der Waals surface area contributed by atoms with E-state index in [1.807, 2.05) is 75.4 Å². The van der Waals surface area contributed by atoms with Crippen molar-refractivity contribution >= 4 is 17.7 Å². The molecule has 0 atom stereocenters. The van der Waals surface area contributed by atoms with Crippen molar-refractivity contribution < 1.29 is 19.1 Å². The molecule has 0 radical (unpaired) electrons. The third-order valence-corrected chi connectivity index (χ3v) is 3.68. The maximum absolute atomic E-state index is 11.8. The first kappa shape index (κ1) is 21.3. The number of hydrogen-bond donors (Lipinski definition) is 2. The number of carbonyl (C=O) groups is 2. The second-order valence-corrected chi connectivity index (χ2v) is 7.38. The van der Waals surface area contributed by atoms with Crippen molar-refractivity contribution in [3.63, 3.8) is 0 Å². The summed E-state index contributed by atoms with van der Waals surface area (Å²) in [5.74, 6) is 0.540. The zero-order chi connectivity index (χ0) is 20.4. The Balaban J connectivity index is 1.63. The van der Waals surface area contributed by atoms with Crippen LogP contribution in [0.25, 0.3) is 0 Å². The van der Waals surface area contributed by atoms with Gasteiger partial charge in [-0.1, -0.05) is 30.3 Å². The lowest BCUT2D eigenvalue weighted by Gasteiger charge is -2.19. The fraction of sp³-hybridized carbons (Fsp3) is 0.364. The van der Waals surface area contributed by atoms with Gasteiger partial charge in [0, 0.05) is 12.2 Å². The SMILES string of the molecule is CC(C)(C)OC(=O)Nc1ccc(CCCNC(=O)COc2ccccc2)cc1. The van der Waals surface area contributed by atoms with E-state index in [4.69, 9.17) is 9.47 Å². The van der Waals surface area contributed by atoms with E-state index in [1.54, 1.807) is 0 Å². The first-order valence-electron chi connectivity index (χ1n) is 9.35. The molecule has 0 aliphatic carbocycles. The number of benzene rings is 2. The summed E-state index contributed by atoms with van der Waals surface area (Å²) in [6, 6.07) is 16.8. The molecule has 0 unspecified atom stereocenters. The van der Waals surface area contributed by atoms with Gasteiger partial charge in [0.25, 0.3) is 5.91 Å². The molecule has 0 fully saturated rings. The second-order valence-electron chi connectivity index (χ2n) is 7.38. The summed E-state index contributed by atoms with van der Waals surface area (Å²) in [5, 5.41) is 5.55. The van der Waals surface area contributed by atoms with Crippen molar-refractivity contribution in [2.75, 3.05) is 18.5 Å². The van der Waals surface area contributed by atoms with Crippen LogP contribution in [0.4, 0.5) is 10.5 Å². The molecule has 2 amide bonds. The molecule has 0 spiro atoms. The molecule has 2 aromatic carbocycles. The number of para-hydroxylation sites is 1. The van der Waals surface area contributed by atoms with Crippen LogP contribution in [0, 0.1) is 0 Å². The van der Waals surface area contributed by atoms with Gasteiger partial charge in [-0.2, -0.15) is 0 Å². The normalized spacial score (nSPS) is 10.8. The molecule has 2 rings (SSSR count). The Bertz CT molecular complexity index is 752. The molecule has 0 saturated heterocycles. The minimum atomic E-state index is -0.527. The monoisotopic (exact) mass is 384 g/mol. The maximum atomic E-state index is 11.8. The smallest absolute Gasteiger partial charge is 0.412 e. The Morgan fingerprint density at radius 2 is 1.64 bits per heavy atom. The average molecular weight is 384 g/mol. The molecule has 0 bridgehead atoms. The van der Waals surface area contributed by atoms with Crippen molar-refractivity contribution in [2.45, 2.75) is 39.2 Å². The lowest BCUT2D eigenvalue weighted by atomic mass is 10.1. The van der Waals surface area contributed by atoms with Gasteiger partial charge < -0.3 is 14.8 Å². The van der Waals surface area contributed by atoms with Gasteiger partial charge in [-0.15, -0.1) is 0 Å². The van der Waals surface area contributed by atoms with Crippen molar-refractivity contribution in [3.8, 4) is 5.75 Å². The summed E-state index contributed by atoms with van der Waals surface area (Å²) in [6.45, 7) is 6.05. The number of anilines is 1. The molecule has 150 valence electrons. The van der Waals surface area contributed by atoms with Gasteiger partial charge in [0.2, 0.25) is 0 Å². The summed E-state index contributed by atoms with van der Waals surface area (Å²) in [5.41, 5.74) is 1.29. The molecule has 28 heavy (non-hydrogen) atoms. The third kappa shape index (κ3) is 8.58. The molecule has 0 saturated carbocycles. The van der Waals surface area contributed by atoms with E-state index >= 15 is 0 Å². The van der Waals surface area contributed by atoms with Gasteiger partial charge in [0.1, 0.15) is 11.4 Å². The van der Waals surface area contributed by atoms with E-state index in [2.05, 4.69) is 10.6 Å². The molecule has 2 N–H and O–H groups in total. The van der Waals surface area contributed by atoms with Gasteiger partial charge >= 0.3 is 6.09 Å². The standard InChI is InChI=1S/C22H28N2O4/c1-22(2,3)28-21(26)24-18-13-11-17(12-14-18)8-7-15-23-20(25)16-27-19-9-5-4-6-10-19/h4-6,9-14H,7-8,15-16H2,1-3H3,(H,23,25)(H,24,26). The van der Waals surface area contributed by atoms with Crippen LogP contribution in [0.2, 0.25) is 0 Å². The minimum absolute atomic E-state index is 0.00897. The lowest BCUT2D eigenvalue weighted by molar-refractivity contribution is -0.123. The quantitative estimate of drug-likeness (QED) is 0.670. The average Bonchev–Trinajstić information content (AvgIpc) is 2.64. The van der Waals surface area contributed by atoms with Crippen LogP contribution in [-0.2, 0) is 16.0 Å². The predicted molar refractivity (Wildman–Crippen MR) is 110 cm³/mol. The molecule has 0 aliphatic heterocycles. The third-order valence-electron chi connectivity index (χ3n) is 3.68. The topological polar surface area (TPSA) is 76.7 Å². The summed E-state index contributed by atoms with van der Waals surface area (Å²) >= 11 is 0. The van der Waals surface area contributed by atoms with Crippen LogP contribution in [-0.4, -0.2) is 30.8 Å². The van der Waals surface area contributed by atoms with Gasteiger partial charge in [0.15, 0.2) is 6.61 Å². The summed E-state index contributed by atoms with van der Waals surface area (Å²) in [4.78, 5) is 23.5. The maximum Gasteiger partial charge on any atom is 0.412 e.